The van der Waals surface area contributed by atoms with E-state index in [-0.39, 0.29) is 72.0 Å². The molecule has 0 bridgehead atoms. The molecule has 0 radical (unpaired) electrons. The van der Waals surface area contributed by atoms with Crippen molar-refractivity contribution < 1.29 is 59.7 Å². The largest absolute Gasteiger partial charge is 0.504 e. The fourth-order valence-corrected chi connectivity index (χ4v) is 11.5. The van der Waals surface area contributed by atoms with Gasteiger partial charge in [0.2, 0.25) is 11.8 Å². The van der Waals surface area contributed by atoms with Gasteiger partial charge in [0.15, 0.2) is 23.1 Å². The van der Waals surface area contributed by atoms with E-state index in [1.165, 1.54) is 6.07 Å². The van der Waals surface area contributed by atoms with Crippen LogP contribution in [-0.4, -0.2) is 128 Å². The first-order valence-corrected chi connectivity index (χ1v) is 26.3. The summed E-state index contributed by atoms with van der Waals surface area (Å²) in [6.07, 6.45) is 6.91. The minimum absolute atomic E-state index is 0. The number of aliphatic hydroxyl groups is 6. The van der Waals surface area contributed by atoms with Crippen LogP contribution >= 0.6 is 47.2 Å². The number of phenols is 1. The molecule has 4 aliphatic carbocycles. The standard InChI is InChI=1S/C21H28O5.C14H22N2O.C12H7Cl3O2.C9H19NO4.ClH/c1-19-7-5-13(23)9-12(19)3-4-14-15-6-8-21(26,17(25)11-22)20(15,2)10-16(24)18(14)19;1-5-16(6-2)10-13(17)15-14-11(3)8-7-9-12(14)4;13-7-1-3-11(9(15)5-7)17-12-4-2-8(14)6-10(12)16;1-9(2,6-12)7(13)8(14)10-4-3-5-11;/h5,7,9,14-16,18,22,24,26H,3-4,6,8,10-11H2,1-2H3;7-9H,5-6,10H2,1-4H3,(H,15,17);1-6,16H;7,11-13H,3-6H2,1-2H3,(H,10,14);1H/t14-,15-,16-,18+,19-,20-,21-;;;7-;/m0..0./s1. The molecule has 8 atom stereocenters. The van der Waals surface area contributed by atoms with E-state index in [9.17, 15) is 44.7 Å². The Morgan fingerprint density at radius 3 is 2.11 bits per heavy atom. The van der Waals surface area contributed by atoms with Gasteiger partial charge in [-0.05, 0) is 131 Å². The number of rotatable bonds is 15. The smallest absolute Gasteiger partial charge is 0.249 e. The van der Waals surface area contributed by atoms with Gasteiger partial charge in [-0.2, -0.15) is 0 Å². The molecule has 9 N–H and O–H groups in total. The fourth-order valence-electron chi connectivity index (χ4n) is 10.8. The number of likely N-dealkylation sites (N-methyl/N-ethyl adjacent to an activating group) is 1. The number of fused-ring (bicyclic) bond motifs is 5. The number of carbonyl (C=O) groups excluding carboxylic acids is 4. The van der Waals surface area contributed by atoms with Crippen molar-refractivity contribution >= 4 is 76.3 Å². The summed E-state index contributed by atoms with van der Waals surface area (Å²) in [5.74, 6) is -0.0465. The second-order valence-electron chi connectivity index (χ2n) is 20.7. The maximum absolute atomic E-state index is 12.4. The lowest BCUT2D eigenvalue weighted by atomic mass is 9.46. The van der Waals surface area contributed by atoms with Crippen LogP contribution in [0.15, 0.2) is 78.4 Å². The van der Waals surface area contributed by atoms with Crippen LogP contribution in [0, 0.1) is 47.8 Å². The average molecular weight is 1130 g/mol. The second-order valence-corrected chi connectivity index (χ2v) is 22.0. The predicted molar refractivity (Wildman–Crippen MR) is 296 cm³/mol. The van der Waals surface area contributed by atoms with Gasteiger partial charge in [0.25, 0.3) is 0 Å². The van der Waals surface area contributed by atoms with E-state index in [0.29, 0.717) is 53.2 Å². The molecule has 0 unspecified atom stereocenters. The van der Waals surface area contributed by atoms with Gasteiger partial charge in [0.05, 0.1) is 24.3 Å². The van der Waals surface area contributed by atoms with Crippen LogP contribution < -0.4 is 15.4 Å². The van der Waals surface area contributed by atoms with Crippen LogP contribution in [0.2, 0.25) is 15.1 Å². The second kappa shape index (κ2) is 28.5. The number of ketones is 2. The van der Waals surface area contributed by atoms with Crippen molar-refractivity contribution in [3.05, 3.63) is 105 Å². The highest BCUT2D eigenvalue weighted by molar-refractivity contribution is 6.35. The molecular formula is C56H77Cl4N3O12. The topological polar surface area (TPSA) is 246 Å². The first-order valence-electron chi connectivity index (χ1n) is 25.1. The van der Waals surface area contributed by atoms with E-state index in [2.05, 4.69) is 36.3 Å². The van der Waals surface area contributed by atoms with E-state index in [1.54, 1.807) is 56.3 Å². The molecule has 19 heteroatoms. The van der Waals surface area contributed by atoms with Crippen molar-refractivity contribution in [2.24, 2.45) is 34.0 Å². The average Bonchev–Trinajstić information content (AvgIpc) is 3.63. The fraction of sp³-hybridized carbons (Fsp3) is 0.536. The van der Waals surface area contributed by atoms with E-state index in [0.717, 1.165) is 54.7 Å². The number of aliphatic hydroxyl groups excluding tert-OH is 5. The lowest BCUT2D eigenvalue weighted by Gasteiger charge is -2.59. The van der Waals surface area contributed by atoms with Gasteiger partial charge in [0, 0.05) is 57.1 Å². The first kappa shape index (κ1) is 65.2. The zero-order valence-corrected chi connectivity index (χ0v) is 47.3. The number of para-hydroxylation sites is 1. The first-order chi connectivity index (χ1) is 34.8. The predicted octanol–water partition coefficient (Wildman–Crippen LogP) is 8.57. The molecule has 3 aromatic rings. The lowest BCUT2D eigenvalue weighted by molar-refractivity contribution is -0.178. The van der Waals surface area contributed by atoms with E-state index in [1.807, 2.05) is 45.0 Å². The van der Waals surface area contributed by atoms with Crippen LogP contribution in [0.5, 0.6) is 17.2 Å². The van der Waals surface area contributed by atoms with E-state index in [4.69, 9.17) is 49.8 Å². The number of nitrogens with one attached hydrogen (secondary N) is 2. The Morgan fingerprint density at radius 1 is 0.933 bits per heavy atom. The SMILES string of the molecule is CC(C)(CO)[C@@H](O)C(=O)NCCCO.CCN(CC)CC(=O)Nc1c(C)cccc1C.C[C@]12C=CC(=O)C=C1CC[C@@H]1[C@@H]2[C@@H](O)C[C@@]2(C)[C@H]1CC[C@]2(O)C(=O)CO.Cl.Oc1cc(Cl)ccc1Oc1ccc(Cl)cc1Cl. The number of anilines is 1. The molecule has 15 nitrogen and oxygen atoms in total. The Labute approximate surface area is 462 Å². The summed E-state index contributed by atoms with van der Waals surface area (Å²) in [5, 5.41) is 74.9. The van der Waals surface area contributed by atoms with Crippen LogP contribution in [0.3, 0.4) is 0 Å². The minimum atomic E-state index is -1.56. The molecule has 0 heterocycles. The number of Topliss-reactive ketones (excluding diaryl/α,β-unsaturated/α-hetero) is 1. The Kier molecular flexibility index (Phi) is 24.8. The third kappa shape index (κ3) is 15.8. The lowest BCUT2D eigenvalue weighted by Crippen LogP contribution is -2.61. The zero-order valence-electron chi connectivity index (χ0n) is 44.2. The number of hydrogen-bond donors (Lipinski definition) is 9. The van der Waals surface area contributed by atoms with Crippen LogP contribution in [-0.2, 0) is 19.2 Å². The van der Waals surface area contributed by atoms with Crippen molar-refractivity contribution in [2.45, 2.75) is 112 Å². The quantitative estimate of drug-likeness (QED) is 0.0649. The highest BCUT2D eigenvalue weighted by atomic mass is 35.5. The minimum Gasteiger partial charge on any atom is -0.504 e. The van der Waals surface area contributed by atoms with Gasteiger partial charge in [-0.3, -0.25) is 24.1 Å². The number of aromatic hydroxyl groups is 1. The number of aryl methyl sites for hydroxylation is 2. The highest BCUT2D eigenvalue weighted by Gasteiger charge is 2.68. The van der Waals surface area contributed by atoms with Crippen molar-refractivity contribution in [1.82, 2.24) is 10.2 Å². The van der Waals surface area contributed by atoms with Gasteiger partial charge in [-0.25, -0.2) is 0 Å². The molecule has 0 aromatic heterocycles. The maximum atomic E-state index is 12.4. The van der Waals surface area contributed by atoms with Crippen LogP contribution in [0.1, 0.15) is 91.2 Å². The van der Waals surface area contributed by atoms with Gasteiger partial charge >= 0.3 is 0 Å². The summed E-state index contributed by atoms with van der Waals surface area (Å²) < 4.78 is 5.45. The summed E-state index contributed by atoms with van der Waals surface area (Å²) in [4.78, 5) is 49.4. The molecule has 7 rings (SSSR count). The number of amides is 2. The monoisotopic (exact) mass is 1120 g/mol. The number of phenolic OH excluding ortho intramolecular Hbond substituents is 1. The molecule has 0 spiro atoms. The Morgan fingerprint density at radius 2 is 1.55 bits per heavy atom. The summed E-state index contributed by atoms with van der Waals surface area (Å²) in [7, 11) is 0. The number of ether oxygens (including phenoxy) is 1. The van der Waals surface area contributed by atoms with E-state index < -0.39 is 46.9 Å². The molecular weight excluding hydrogens is 1050 g/mol. The molecule has 2 amide bonds. The number of allylic oxidation sites excluding steroid dienone is 4. The molecule has 3 aromatic carbocycles. The molecule has 3 fully saturated rings. The van der Waals surface area contributed by atoms with Crippen LogP contribution in [0.25, 0.3) is 0 Å². The third-order valence-electron chi connectivity index (χ3n) is 15.3. The summed E-state index contributed by atoms with van der Waals surface area (Å²) >= 11 is 17.4. The number of hydrogen-bond acceptors (Lipinski definition) is 13. The van der Waals surface area contributed by atoms with Gasteiger partial charge in [-0.15, -0.1) is 12.4 Å². The number of nitrogens with zero attached hydrogens (tertiary/aromatic N) is 1. The highest BCUT2D eigenvalue weighted by Crippen LogP contribution is 2.67. The van der Waals surface area contributed by atoms with E-state index >= 15 is 0 Å². The van der Waals surface area contributed by atoms with Gasteiger partial charge < -0.3 is 51.1 Å². The van der Waals surface area contributed by atoms with Gasteiger partial charge in [0.1, 0.15) is 24.1 Å². The normalized spacial score (nSPS) is 24.6. The third-order valence-corrected chi connectivity index (χ3v) is 16.1. The van der Waals surface area contributed by atoms with Gasteiger partial charge in [-0.1, -0.05) is 106 Å². The summed E-state index contributed by atoms with van der Waals surface area (Å²) in [6, 6.07) is 15.4. The van der Waals surface area contributed by atoms with Crippen molar-refractivity contribution in [3.8, 4) is 17.2 Å². The summed E-state index contributed by atoms with van der Waals surface area (Å²) in [6.45, 7) is 17.0. The molecule has 416 valence electrons. The molecule has 4 aliphatic rings. The Bertz CT molecular complexity index is 2430. The van der Waals surface area contributed by atoms with Crippen molar-refractivity contribution in [3.63, 3.8) is 0 Å². The Hall–Kier alpha value is -4.10. The van der Waals surface area contributed by atoms with Crippen molar-refractivity contribution in [2.75, 3.05) is 51.3 Å². The number of halogens is 4. The number of carbonyl (C=O) groups is 4. The summed E-state index contributed by atoms with van der Waals surface area (Å²) in [5.41, 5.74) is 0.782. The molecule has 3 saturated carbocycles. The zero-order chi connectivity index (χ0) is 55.3. The van der Waals surface area contributed by atoms with Crippen LogP contribution in [0.4, 0.5) is 5.69 Å². The Balaban J connectivity index is 0.000000271. The maximum Gasteiger partial charge on any atom is 0.249 e. The molecule has 0 aliphatic heterocycles. The molecule has 75 heavy (non-hydrogen) atoms. The number of benzene rings is 3. The molecule has 0 saturated heterocycles. The van der Waals surface area contributed by atoms with Crippen molar-refractivity contribution in [1.29, 1.82) is 0 Å².